The van der Waals surface area contributed by atoms with Crippen molar-refractivity contribution in [3.05, 3.63) is 76.5 Å². The first-order chi connectivity index (χ1) is 11.7. The van der Waals surface area contributed by atoms with E-state index in [1.165, 1.54) is 23.5 Å². The minimum atomic E-state index is -0.246. The van der Waals surface area contributed by atoms with Crippen molar-refractivity contribution in [1.29, 1.82) is 0 Å². The molecule has 4 nitrogen and oxygen atoms in total. The maximum Gasteiger partial charge on any atom is 0.203 e. The molecule has 0 aliphatic heterocycles. The molecule has 0 fully saturated rings. The Morgan fingerprint density at radius 2 is 1.92 bits per heavy atom. The van der Waals surface area contributed by atoms with Crippen LogP contribution in [0.1, 0.15) is 16.8 Å². The van der Waals surface area contributed by atoms with Crippen LogP contribution in [0.4, 0.5) is 9.52 Å². The van der Waals surface area contributed by atoms with Gasteiger partial charge in [0.25, 0.3) is 0 Å². The third-order valence-electron chi connectivity index (χ3n) is 3.19. The smallest absolute Gasteiger partial charge is 0.203 e. The van der Waals surface area contributed by atoms with Gasteiger partial charge < -0.3 is 4.74 Å². The van der Waals surface area contributed by atoms with Crippen LogP contribution in [0.3, 0.4) is 0 Å². The van der Waals surface area contributed by atoms with Gasteiger partial charge in [-0.2, -0.15) is 5.10 Å². The maximum atomic E-state index is 12.8. The number of hydrogen-bond donors (Lipinski definition) is 1. The average Bonchev–Trinajstić information content (AvgIpc) is 3.01. The van der Waals surface area contributed by atoms with Crippen molar-refractivity contribution >= 4 is 22.7 Å². The quantitative estimate of drug-likeness (QED) is 0.526. The number of nitrogens with one attached hydrogen (secondary N) is 1. The Kier molecular flexibility index (Phi) is 5.18. The van der Waals surface area contributed by atoms with E-state index >= 15 is 0 Å². The molecule has 2 aromatic carbocycles. The average molecular weight is 341 g/mol. The van der Waals surface area contributed by atoms with E-state index in [4.69, 9.17) is 4.74 Å². The highest BCUT2D eigenvalue weighted by molar-refractivity contribution is 7.13. The first-order valence-corrected chi connectivity index (χ1v) is 8.25. The van der Waals surface area contributed by atoms with Gasteiger partial charge >= 0.3 is 0 Å². The lowest BCUT2D eigenvalue weighted by atomic mass is 10.2. The van der Waals surface area contributed by atoms with Crippen LogP contribution in [-0.4, -0.2) is 11.2 Å². The lowest BCUT2D eigenvalue weighted by Gasteiger charge is -2.06. The Morgan fingerprint density at radius 3 is 2.58 bits per heavy atom. The summed E-state index contributed by atoms with van der Waals surface area (Å²) in [6.45, 7) is 2.34. The van der Waals surface area contributed by atoms with Crippen LogP contribution >= 0.6 is 11.3 Å². The van der Waals surface area contributed by atoms with Gasteiger partial charge in [0.2, 0.25) is 5.13 Å². The van der Waals surface area contributed by atoms with Crippen molar-refractivity contribution in [2.45, 2.75) is 13.5 Å². The number of ether oxygens (including phenoxy) is 1. The number of aryl methyl sites for hydroxylation is 1. The molecule has 0 aliphatic carbocycles. The van der Waals surface area contributed by atoms with Crippen molar-refractivity contribution in [2.75, 3.05) is 5.43 Å². The van der Waals surface area contributed by atoms with Crippen LogP contribution in [0.25, 0.3) is 0 Å². The summed E-state index contributed by atoms with van der Waals surface area (Å²) >= 11 is 1.51. The summed E-state index contributed by atoms with van der Waals surface area (Å²) in [5.74, 6) is 0.504. The summed E-state index contributed by atoms with van der Waals surface area (Å²) in [7, 11) is 0. The number of nitrogens with zero attached hydrogens (tertiary/aromatic N) is 2. The number of anilines is 1. The molecule has 6 heteroatoms. The second-order valence-corrected chi connectivity index (χ2v) is 6.01. The summed E-state index contributed by atoms with van der Waals surface area (Å²) < 4.78 is 18.5. The van der Waals surface area contributed by atoms with Gasteiger partial charge in [-0.1, -0.05) is 12.1 Å². The van der Waals surface area contributed by atoms with E-state index < -0.39 is 0 Å². The molecule has 3 aromatic rings. The van der Waals surface area contributed by atoms with Gasteiger partial charge in [0, 0.05) is 5.38 Å². The lowest BCUT2D eigenvalue weighted by Crippen LogP contribution is -1.96. The molecule has 0 saturated heterocycles. The topological polar surface area (TPSA) is 46.5 Å². The first-order valence-electron chi connectivity index (χ1n) is 7.37. The van der Waals surface area contributed by atoms with Gasteiger partial charge in [0.15, 0.2) is 0 Å². The molecule has 0 amide bonds. The summed E-state index contributed by atoms with van der Waals surface area (Å²) in [5, 5.41) is 6.88. The zero-order chi connectivity index (χ0) is 16.8. The Balaban J connectivity index is 1.52. The Morgan fingerprint density at radius 1 is 1.17 bits per heavy atom. The highest BCUT2D eigenvalue weighted by Gasteiger charge is 1.98. The summed E-state index contributed by atoms with van der Waals surface area (Å²) in [6, 6.07) is 13.8. The molecule has 0 bridgehead atoms. The van der Waals surface area contributed by atoms with Gasteiger partial charge in [-0.15, -0.1) is 11.3 Å². The number of hydrazone groups is 1. The summed E-state index contributed by atoms with van der Waals surface area (Å²) in [5.41, 5.74) is 5.74. The fourth-order valence-electron chi connectivity index (χ4n) is 1.96. The van der Waals surface area contributed by atoms with E-state index in [9.17, 15) is 4.39 Å². The molecule has 24 heavy (non-hydrogen) atoms. The summed E-state index contributed by atoms with van der Waals surface area (Å²) in [6.07, 6.45) is 1.72. The van der Waals surface area contributed by atoms with Crippen molar-refractivity contribution in [2.24, 2.45) is 5.10 Å². The minimum absolute atomic E-state index is 0.246. The zero-order valence-corrected chi connectivity index (χ0v) is 13.9. The van der Waals surface area contributed by atoms with Crippen molar-refractivity contribution in [3.8, 4) is 5.75 Å². The molecule has 0 aliphatic rings. The fraction of sp³-hybridized carbons (Fsp3) is 0.111. The largest absolute Gasteiger partial charge is 0.489 e. The van der Waals surface area contributed by atoms with Gasteiger partial charge in [-0.05, 0) is 54.4 Å². The molecule has 0 radical (unpaired) electrons. The normalized spacial score (nSPS) is 10.9. The van der Waals surface area contributed by atoms with Crippen LogP contribution < -0.4 is 10.2 Å². The van der Waals surface area contributed by atoms with Crippen LogP contribution in [0.15, 0.2) is 59.0 Å². The van der Waals surface area contributed by atoms with Gasteiger partial charge in [0.1, 0.15) is 18.2 Å². The maximum absolute atomic E-state index is 12.8. The van der Waals surface area contributed by atoms with Crippen LogP contribution in [0.5, 0.6) is 5.75 Å². The monoisotopic (exact) mass is 341 g/mol. The highest BCUT2D eigenvalue weighted by atomic mass is 32.1. The van der Waals surface area contributed by atoms with E-state index in [1.54, 1.807) is 18.3 Å². The van der Waals surface area contributed by atoms with Gasteiger partial charge in [0.05, 0.1) is 11.9 Å². The number of hydrogen-bond acceptors (Lipinski definition) is 5. The van der Waals surface area contributed by atoms with Crippen LogP contribution in [0, 0.1) is 12.7 Å². The van der Waals surface area contributed by atoms with Crippen molar-refractivity contribution < 1.29 is 9.13 Å². The highest BCUT2D eigenvalue weighted by Crippen LogP contribution is 2.15. The minimum Gasteiger partial charge on any atom is -0.489 e. The van der Waals surface area contributed by atoms with Gasteiger partial charge in [-0.3, -0.25) is 5.43 Å². The Bertz CT molecular complexity index is 813. The standard InChI is InChI=1S/C18H16FN3OS/c1-13-12-24-18(21-13)22-20-10-14-4-8-17(9-5-14)23-11-15-2-6-16(19)7-3-15/h2-10,12H,11H2,1H3,(H,21,22)/b20-10-. The molecule has 0 spiro atoms. The van der Waals surface area contributed by atoms with Crippen molar-refractivity contribution in [1.82, 2.24) is 4.98 Å². The summed E-state index contributed by atoms with van der Waals surface area (Å²) in [4.78, 5) is 4.26. The third-order valence-corrected chi connectivity index (χ3v) is 4.06. The number of halogens is 1. The van der Waals surface area contributed by atoms with E-state index in [2.05, 4.69) is 15.5 Å². The molecule has 3 rings (SSSR count). The number of thiazole rings is 1. The third kappa shape index (κ3) is 4.63. The molecule has 0 saturated carbocycles. The van der Waals surface area contributed by atoms with Crippen molar-refractivity contribution in [3.63, 3.8) is 0 Å². The van der Waals surface area contributed by atoms with E-state index in [-0.39, 0.29) is 5.82 Å². The molecule has 1 aromatic heterocycles. The number of aromatic nitrogens is 1. The van der Waals surface area contributed by atoms with E-state index in [0.29, 0.717) is 6.61 Å². The molecule has 1 N–H and O–H groups in total. The molecule has 0 unspecified atom stereocenters. The Labute approximate surface area is 143 Å². The number of rotatable bonds is 6. The molecule has 122 valence electrons. The van der Waals surface area contributed by atoms with Crippen LogP contribution in [-0.2, 0) is 6.61 Å². The molecule has 0 atom stereocenters. The van der Waals surface area contributed by atoms with E-state index in [1.807, 2.05) is 36.6 Å². The second-order valence-electron chi connectivity index (χ2n) is 5.15. The molecule has 1 heterocycles. The number of benzene rings is 2. The lowest BCUT2D eigenvalue weighted by molar-refractivity contribution is 0.306. The first kappa shape index (κ1) is 16.1. The SMILES string of the molecule is Cc1csc(N/N=C\c2ccc(OCc3ccc(F)cc3)cc2)n1. The van der Waals surface area contributed by atoms with Gasteiger partial charge in [-0.25, -0.2) is 9.37 Å². The predicted molar refractivity (Wildman–Crippen MR) is 95.2 cm³/mol. The Hall–Kier alpha value is -2.73. The molecular weight excluding hydrogens is 325 g/mol. The fourth-order valence-corrected chi connectivity index (χ4v) is 2.60. The van der Waals surface area contributed by atoms with E-state index in [0.717, 1.165) is 27.7 Å². The molecular formula is C18H16FN3OS. The second kappa shape index (κ2) is 7.70. The zero-order valence-electron chi connectivity index (χ0n) is 13.1. The van der Waals surface area contributed by atoms with Crippen LogP contribution in [0.2, 0.25) is 0 Å². The predicted octanol–water partition coefficient (Wildman–Crippen LogP) is 4.62.